The summed E-state index contributed by atoms with van der Waals surface area (Å²) in [4.78, 5) is 0. The van der Waals surface area contributed by atoms with E-state index in [-0.39, 0.29) is 28.7 Å². The number of hydrogen-bond acceptors (Lipinski definition) is 4. The van der Waals surface area contributed by atoms with E-state index in [2.05, 4.69) is 0 Å². The summed E-state index contributed by atoms with van der Waals surface area (Å²) >= 11 is 0. The molecule has 0 aromatic carbocycles. The molecule has 0 aliphatic rings. The van der Waals surface area contributed by atoms with E-state index in [1.165, 1.54) is 0 Å². The molecule has 1 radical (unpaired) electrons. The van der Waals surface area contributed by atoms with Crippen LogP contribution in [0.25, 0.3) is 0 Å². The van der Waals surface area contributed by atoms with E-state index in [1.54, 1.807) is 0 Å². The van der Waals surface area contributed by atoms with Gasteiger partial charge in [-0.25, -0.2) is 0 Å². The largest absolute Gasteiger partial charge is 3.00 e. The van der Waals surface area contributed by atoms with Gasteiger partial charge in [-0.1, -0.05) is 0 Å². The Morgan fingerprint density at radius 3 is 1.12 bits per heavy atom. The summed E-state index contributed by atoms with van der Waals surface area (Å²) in [5, 5.41) is 0. The minimum Gasteiger partial charge on any atom is -0.759 e. The van der Waals surface area contributed by atoms with Crippen LogP contribution in [0, 0.1) is 0 Å². The third-order valence-electron chi connectivity index (χ3n) is 0. The van der Waals surface area contributed by atoms with Crippen molar-refractivity contribution in [1.82, 2.24) is 6.15 Å². The van der Waals surface area contributed by atoms with Crippen LogP contribution in [0.15, 0.2) is 0 Å². The monoisotopic (exact) mass is 188 g/mol. The molecule has 0 aliphatic heterocycles. The van der Waals surface area contributed by atoms with Crippen LogP contribution in [0.5, 0.6) is 0 Å². The Bertz CT molecular complexity index is 95.6. The van der Waals surface area contributed by atoms with Crippen LogP contribution in [0.2, 0.25) is 0 Å². The molecule has 0 saturated carbocycles. The van der Waals surface area contributed by atoms with E-state index in [4.69, 9.17) is 17.5 Å². The van der Waals surface area contributed by atoms with Crippen molar-refractivity contribution in [2.24, 2.45) is 0 Å². The molecule has 6 nitrogen and oxygen atoms in total. The van der Waals surface area contributed by atoms with Gasteiger partial charge >= 0.3 is 17.1 Å². The van der Waals surface area contributed by atoms with Crippen LogP contribution in [0.3, 0.4) is 0 Å². The van der Waals surface area contributed by atoms with E-state index >= 15 is 0 Å². The average molecular weight is 188 g/mol. The zero-order valence-electron chi connectivity index (χ0n) is 3.89. The quantitative estimate of drug-likeness (QED) is 0.271. The van der Waals surface area contributed by atoms with Gasteiger partial charge in [-0.2, -0.15) is 0 Å². The molecule has 0 rings (SSSR count). The van der Waals surface area contributed by atoms with Gasteiger partial charge in [0.1, 0.15) is 0 Å². The van der Waals surface area contributed by atoms with E-state index in [9.17, 15) is 0 Å². The smallest absolute Gasteiger partial charge is 0.759 e. The minimum atomic E-state index is -5.17. The summed E-state index contributed by atoms with van der Waals surface area (Å²) in [6.45, 7) is 0. The van der Waals surface area contributed by atoms with Gasteiger partial charge in [0.15, 0.2) is 0 Å². The average Bonchev–Trinajstić information content (AvgIpc) is 0.722. The predicted octanol–water partition coefficient (Wildman–Crippen LogP) is -1.79. The Labute approximate surface area is 57.2 Å². The third-order valence-corrected chi connectivity index (χ3v) is 0. The molecule has 8 heavy (non-hydrogen) atoms. The summed E-state index contributed by atoms with van der Waals surface area (Å²) in [6, 6.07) is 0. The molecule has 0 bridgehead atoms. The first-order valence-corrected chi connectivity index (χ1v) is 2.00. The molecule has 0 aliphatic carbocycles. The Kier molecular flexibility index (Phi) is 21.8. The minimum absolute atomic E-state index is 0. The maximum absolute atomic E-state index is 8.52. The zero-order chi connectivity index (χ0) is 4.50. The Morgan fingerprint density at radius 1 is 1.12 bits per heavy atom. The Balaban J connectivity index is -0.0000000267. The number of rotatable bonds is 0. The molecular weight excluding hydrogens is 182 g/mol. The first-order valence-electron chi connectivity index (χ1n) is 0.667. The molecule has 0 atom stereocenters. The Hall–Kier alpha value is 0.309. The molecule has 0 heterocycles. The first kappa shape index (κ1) is 23.9. The molecule has 0 saturated heterocycles. The van der Waals surface area contributed by atoms with Crippen molar-refractivity contribution in [1.29, 1.82) is 0 Å². The van der Waals surface area contributed by atoms with Crippen molar-refractivity contribution in [3.8, 4) is 0 Å². The zero-order valence-corrected chi connectivity index (χ0v) is 5.82. The van der Waals surface area contributed by atoms with Crippen molar-refractivity contribution in [3.05, 3.63) is 0 Å². The van der Waals surface area contributed by atoms with Crippen LogP contribution in [0.1, 0.15) is 0 Å². The van der Waals surface area contributed by atoms with Gasteiger partial charge < -0.3 is 20.7 Å². The fraction of sp³-hybridized carbons (Fsp3) is 0. The normalized spacial score (nSPS) is 7.25. The number of quaternary nitrogens is 1. The molecule has 0 aromatic heterocycles. The van der Waals surface area contributed by atoms with Crippen LogP contribution in [-0.4, -0.2) is 23.0 Å². The van der Waals surface area contributed by atoms with E-state index in [0.717, 1.165) is 0 Å². The topological polar surface area (TPSA) is 148 Å². The molecule has 0 unspecified atom stereocenters. The van der Waals surface area contributed by atoms with Gasteiger partial charge in [-0.3, -0.25) is 8.42 Å². The van der Waals surface area contributed by atoms with Crippen LogP contribution in [-0.2, 0) is 27.5 Å². The maximum atomic E-state index is 8.52. The Morgan fingerprint density at radius 2 is 1.12 bits per heavy atom. The van der Waals surface area contributed by atoms with Gasteiger partial charge in [-0.15, -0.1) is 0 Å². The van der Waals surface area contributed by atoms with Gasteiger partial charge in [0, 0.05) is 10.4 Å². The fourth-order valence-corrected chi connectivity index (χ4v) is 0. The summed E-state index contributed by atoms with van der Waals surface area (Å²) in [5.41, 5.74) is 0. The van der Waals surface area contributed by atoms with Crippen LogP contribution in [0.4, 0.5) is 0 Å². The maximum Gasteiger partial charge on any atom is 3.00 e. The summed E-state index contributed by atoms with van der Waals surface area (Å²) in [7, 11) is -5.17. The molecule has 0 aromatic rings. The van der Waals surface area contributed by atoms with E-state index < -0.39 is 10.4 Å². The third kappa shape index (κ3) is 1860. The summed E-state index contributed by atoms with van der Waals surface area (Å²) in [6.07, 6.45) is 0. The molecule has 0 fully saturated rings. The van der Waals surface area contributed by atoms with Gasteiger partial charge in [-0.05, 0) is 0 Å². The van der Waals surface area contributed by atoms with Crippen molar-refractivity contribution in [2.45, 2.75) is 0 Å². The summed E-state index contributed by atoms with van der Waals surface area (Å²) < 4.78 is 34.1. The summed E-state index contributed by atoms with van der Waals surface area (Å²) in [5.74, 6) is 0. The second-order valence-electron chi connectivity index (χ2n) is 0.408. The fourth-order valence-electron chi connectivity index (χ4n) is 0. The van der Waals surface area contributed by atoms with Gasteiger partial charge in [0.2, 0.25) is 0 Å². The molecule has 0 spiro atoms. The van der Waals surface area contributed by atoms with Crippen molar-refractivity contribution >= 4 is 10.4 Å². The molecule has 6 N–H and O–H groups in total. The van der Waals surface area contributed by atoms with Crippen LogP contribution >= 0.6 is 0 Å². The van der Waals surface area contributed by atoms with E-state index in [0.29, 0.717) is 0 Å². The SMILES string of the molecule is O.O=S(=O)([O-])[O-].[Fe+3].[NH4+]. The van der Waals surface area contributed by atoms with Crippen molar-refractivity contribution in [2.75, 3.05) is 0 Å². The second kappa shape index (κ2) is 7.31. The predicted molar refractivity (Wildman–Crippen MR) is 20.1 cm³/mol. The van der Waals surface area contributed by atoms with Crippen molar-refractivity contribution in [3.63, 3.8) is 0 Å². The molecule has 53 valence electrons. The molecular formula is H6FeNO5S+2. The molecule has 0 amide bonds. The number of hydrogen-bond donors (Lipinski definition) is 1. The standard InChI is InChI=1S/Fe.H3N.H2O4S.H2O/c;;1-5(2,3)4;/h;1H3;(H2,1,2,3,4);1H2/q+3;;;/p-1. The van der Waals surface area contributed by atoms with E-state index in [1.807, 2.05) is 0 Å². The van der Waals surface area contributed by atoms with Gasteiger partial charge in [0.05, 0.1) is 0 Å². The second-order valence-corrected chi connectivity index (χ2v) is 1.22. The van der Waals surface area contributed by atoms with Gasteiger partial charge in [0.25, 0.3) is 0 Å². The van der Waals surface area contributed by atoms with Crippen LogP contribution < -0.4 is 6.15 Å². The first-order chi connectivity index (χ1) is 2.00. The van der Waals surface area contributed by atoms with Crippen molar-refractivity contribution < 1.29 is 40.1 Å². The molecule has 8 heteroatoms.